The third kappa shape index (κ3) is 4.04. The van der Waals surface area contributed by atoms with Crippen LogP contribution in [0.5, 0.6) is 0 Å². The number of hydrogen-bond acceptors (Lipinski definition) is 2. The standard InChI is InChI=1S/C27H24NO2S/c29-31(30)17-16-25(20-31)28-26(22-12-6-2-7-13-22)18-24(21-10-4-1-5-11-21)19-27(28)23-14-8-3-9-15-23/h1-15,18-19,25H,16-17,20H2/q+1. The second-order valence-corrected chi connectivity index (χ2v) is 10.3. The van der Waals surface area contributed by atoms with Crippen molar-refractivity contribution in [3.05, 3.63) is 103 Å². The van der Waals surface area contributed by atoms with Crippen molar-refractivity contribution in [2.45, 2.75) is 12.5 Å². The van der Waals surface area contributed by atoms with Crippen molar-refractivity contribution >= 4 is 9.84 Å². The van der Waals surface area contributed by atoms with E-state index < -0.39 is 9.84 Å². The fraction of sp³-hybridized carbons (Fsp3) is 0.148. The lowest BCUT2D eigenvalue weighted by Gasteiger charge is -2.16. The molecule has 0 N–H and O–H groups in total. The maximum absolute atomic E-state index is 12.4. The van der Waals surface area contributed by atoms with Crippen LogP contribution in [0.1, 0.15) is 12.5 Å². The molecule has 0 aliphatic carbocycles. The van der Waals surface area contributed by atoms with Gasteiger partial charge < -0.3 is 0 Å². The predicted molar refractivity (Wildman–Crippen MR) is 125 cm³/mol. The molecular weight excluding hydrogens is 402 g/mol. The van der Waals surface area contributed by atoms with Gasteiger partial charge in [0.15, 0.2) is 15.9 Å². The SMILES string of the molecule is O=S1(=O)CCC([n+]2c(-c3ccccc3)cc(-c3ccccc3)cc2-c2ccccc2)C1. The molecule has 1 aliphatic heterocycles. The molecule has 1 atom stereocenters. The smallest absolute Gasteiger partial charge is 0.213 e. The van der Waals surface area contributed by atoms with Crippen LogP contribution in [0.2, 0.25) is 0 Å². The molecule has 0 saturated carbocycles. The molecule has 4 heteroatoms. The number of benzene rings is 3. The highest BCUT2D eigenvalue weighted by atomic mass is 32.2. The van der Waals surface area contributed by atoms with Gasteiger partial charge >= 0.3 is 0 Å². The van der Waals surface area contributed by atoms with Crippen molar-refractivity contribution in [1.82, 2.24) is 0 Å². The minimum Gasteiger partial charge on any atom is -0.229 e. The van der Waals surface area contributed by atoms with Crippen LogP contribution in [0.3, 0.4) is 0 Å². The summed E-state index contributed by atoms with van der Waals surface area (Å²) in [6.07, 6.45) is 0.636. The van der Waals surface area contributed by atoms with Gasteiger partial charge in [-0.05, 0) is 35.4 Å². The molecule has 5 rings (SSSR count). The molecule has 3 aromatic carbocycles. The fourth-order valence-corrected chi connectivity index (χ4v) is 6.14. The van der Waals surface area contributed by atoms with E-state index in [4.69, 9.17) is 0 Å². The van der Waals surface area contributed by atoms with Crippen LogP contribution < -0.4 is 4.57 Å². The first-order valence-electron chi connectivity index (χ1n) is 10.6. The van der Waals surface area contributed by atoms with Crippen LogP contribution in [0, 0.1) is 0 Å². The molecule has 3 nitrogen and oxygen atoms in total. The summed E-state index contributed by atoms with van der Waals surface area (Å²) in [5.74, 6) is 0.426. The third-order valence-corrected chi connectivity index (χ3v) is 7.67. The first-order valence-corrected chi connectivity index (χ1v) is 12.4. The number of sulfone groups is 1. The Hall–Kier alpha value is -3.24. The molecule has 1 aliphatic rings. The van der Waals surface area contributed by atoms with Crippen molar-refractivity contribution in [3.63, 3.8) is 0 Å². The Morgan fingerprint density at radius 3 is 1.48 bits per heavy atom. The quantitative estimate of drug-likeness (QED) is 0.414. The average molecular weight is 427 g/mol. The summed E-state index contributed by atoms with van der Waals surface area (Å²) in [4.78, 5) is 0. The zero-order valence-electron chi connectivity index (χ0n) is 17.2. The van der Waals surface area contributed by atoms with E-state index in [1.165, 1.54) is 0 Å². The normalized spacial score (nSPS) is 17.5. The van der Waals surface area contributed by atoms with E-state index in [1.807, 2.05) is 54.6 Å². The predicted octanol–water partition coefficient (Wildman–Crippen LogP) is 5.33. The Kier molecular flexibility index (Phi) is 5.16. The van der Waals surface area contributed by atoms with Crippen LogP contribution in [0.25, 0.3) is 33.6 Å². The maximum atomic E-state index is 12.4. The number of aromatic nitrogens is 1. The molecule has 0 amide bonds. The molecule has 0 radical (unpaired) electrons. The van der Waals surface area contributed by atoms with Crippen molar-refractivity contribution in [1.29, 1.82) is 0 Å². The van der Waals surface area contributed by atoms with E-state index in [0.717, 1.165) is 33.6 Å². The second kappa shape index (κ2) is 8.12. The molecule has 4 aromatic rings. The van der Waals surface area contributed by atoms with Gasteiger partial charge in [-0.1, -0.05) is 66.7 Å². The molecule has 31 heavy (non-hydrogen) atoms. The van der Waals surface area contributed by atoms with Crippen LogP contribution in [-0.2, 0) is 9.84 Å². The van der Waals surface area contributed by atoms with Crippen molar-refractivity contribution < 1.29 is 13.0 Å². The summed E-state index contributed by atoms with van der Waals surface area (Å²) >= 11 is 0. The summed E-state index contributed by atoms with van der Waals surface area (Å²) in [5.41, 5.74) is 6.52. The van der Waals surface area contributed by atoms with E-state index in [0.29, 0.717) is 6.42 Å². The van der Waals surface area contributed by atoms with Crippen LogP contribution >= 0.6 is 0 Å². The fourth-order valence-electron chi connectivity index (χ4n) is 4.44. The highest BCUT2D eigenvalue weighted by molar-refractivity contribution is 7.91. The van der Waals surface area contributed by atoms with Gasteiger partial charge in [0.2, 0.25) is 11.4 Å². The molecule has 1 unspecified atom stereocenters. The number of pyridine rings is 1. The van der Waals surface area contributed by atoms with Crippen molar-refractivity contribution in [2.75, 3.05) is 11.5 Å². The number of hydrogen-bond donors (Lipinski definition) is 0. The lowest BCUT2D eigenvalue weighted by molar-refractivity contribution is -0.696. The average Bonchev–Trinajstić information content (AvgIpc) is 3.19. The third-order valence-electron chi connectivity index (χ3n) is 5.92. The molecule has 1 aromatic heterocycles. The summed E-state index contributed by atoms with van der Waals surface area (Å²) in [6.45, 7) is 0. The van der Waals surface area contributed by atoms with E-state index in [1.54, 1.807) is 0 Å². The van der Waals surface area contributed by atoms with E-state index in [-0.39, 0.29) is 17.5 Å². The van der Waals surface area contributed by atoms with Gasteiger partial charge in [0, 0.05) is 29.7 Å². The highest BCUT2D eigenvalue weighted by Crippen LogP contribution is 2.32. The van der Waals surface area contributed by atoms with Crippen LogP contribution in [-0.4, -0.2) is 19.9 Å². The summed E-state index contributed by atoms with van der Waals surface area (Å²) in [7, 11) is -3.02. The summed E-state index contributed by atoms with van der Waals surface area (Å²) in [5, 5.41) is 0. The number of rotatable bonds is 4. The lowest BCUT2D eigenvalue weighted by Crippen LogP contribution is -2.44. The van der Waals surface area contributed by atoms with Gasteiger partial charge in [-0.15, -0.1) is 0 Å². The molecule has 154 valence electrons. The molecule has 1 fully saturated rings. The second-order valence-electron chi connectivity index (χ2n) is 8.04. The molecule has 2 heterocycles. The summed E-state index contributed by atoms with van der Waals surface area (Å²) in [6, 6.07) is 35.2. The van der Waals surface area contributed by atoms with Crippen LogP contribution in [0.15, 0.2) is 103 Å². The van der Waals surface area contributed by atoms with Crippen LogP contribution in [0.4, 0.5) is 0 Å². The molecule has 1 saturated heterocycles. The first kappa shape index (κ1) is 19.7. The highest BCUT2D eigenvalue weighted by Gasteiger charge is 2.38. The molecule has 0 spiro atoms. The zero-order chi connectivity index (χ0) is 21.3. The van der Waals surface area contributed by atoms with Gasteiger partial charge in [-0.25, -0.2) is 8.42 Å². The first-order chi connectivity index (χ1) is 15.1. The van der Waals surface area contributed by atoms with Gasteiger partial charge in [0.05, 0.1) is 5.75 Å². The Morgan fingerprint density at radius 2 is 1.06 bits per heavy atom. The van der Waals surface area contributed by atoms with Gasteiger partial charge in [-0.3, -0.25) is 0 Å². The number of nitrogens with zero attached hydrogens (tertiary/aromatic N) is 1. The van der Waals surface area contributed by atoms with Gasteiger partial charge in [-0.2, -0.15) is 4.57 Å². The topological polar surface area (TPSA) is 38.0 Å². The molecular formula is C27H24NO2S+. The Bertz CT molecular complexity index is 1240. The Morgan fingerprint density at radius 1 is 0.613 bits per heavy atom. The van der Waals surface area contributed by atoms with E-state index in [2.05, 4.69) is 53.1 Å². The van der Waals surface area contributed by atoms with Gasteiger partial charge in [0.25, 0.3) is 0 Å². The van der Waals surface area contributed by atoms with Crippen molar-refractivity contribution in [3.8, 4) is 33.6 Å². The van der Waals surface area contributed by atoms with E-state index >= 15 is 0 Å². The van der Waals surface area contributed by atoms with Gasteiger partial charge in [0.1, 0.15) is 5.75 Å². The van der Waals surface area contributed by atoms with Crippen molar-refractivity contribution in [2.24, 2.45) is 0 Å². The monoisotopic (exact) mass is 426 g/mol. The minimum atomic E-state index is -3.02. The molecule has 0 bridgehead atoms. The zero-order valence-corrected chi connectivity index (χ0v) is 18.0. The lowest BCUT2D eigenvalue weighted by atomic mass is 9.98. The Labute approximate surface area is 183 Å². The maximum Gasteiger partial charge on any atom is 0.213 e. The van der Waals surface area contributed by atoms with E-state index in [9.17, 15) is 8.42 Å². The largest absolute Gasteiger partial charge is 0.229 e. The minimum absolute atomic E-state index is 0.0831. The summed E-state index contributed by atoms with van der Waals surface area (Å²) < 4.78 is 27.0. The Balaban J connectivity index is 1.82.